The highest BCUT2D eigenvalue weighted by Gasteiger charge is 2.61. The smallest absolute Gasteiger partial charge is 0.439 e. The molecule has 1 spiro atoms. The molecule has 3 heterocycles. The minimum atomic E-state index is -4.94. The van der Waals surface area contributed by atoms with Crippen LogP contribution < -0.4 is 5.32 Å². The van der Waals surface area contributed by atoms with Gasteiger partial charge in [-0.3, -0.25) is 4.90 Å². The standard InChI is InChI=1S/C12H17F3N2O3/c13-12(14,15)10(18)20-9-11(5-16-6-11)7-17(9)8-1-3-19-4-2-8/h8-9,16H,1-7H2. The number of carbonyl (C=O) groups is 1. The number of nitrogens with zero attached hydrogens (tertiary/aromatic N) is 1. The topological polar surface area (TPSA) is 50.8 Å². The summed E-state index contributed by atoms with van der Waals surface area (Å²) >= 11 is 0. The average Bonchev–Trinajstić information content (AvgIpc) is 2.33. The number of nitrogens with one attached hydrogen (secondary N) is 1. The zero-order valence-electron chi connectivity index (χ0n) is 10.9. The number of hydrogen-bond donors (Lipinski definition) is 1. The summed E-state index contributed by atoms with van der Waals surface area (Å²) in [6.45, 7) is 3.09. The number of hydrogen-bond acceptors (Lipinski definition) is 5. The van der Waals surface area contributed by atoms with Gasteiger partial charge in [-0.2, -0.15) is 13.2 Å². The normalized spacial score (nSPS) is 30.6. The first-order valence-corrected chi connectivity index (χ1v) is 6.74. The summed E-state index contributed by atoms with van der Waals surface area (Å²) in [5.74, 6) is -2.09. The van der Waals surface area contributed by atoms with Gasteiger partial charge < -0.3 is 14.8 Å². The molecular formula is C12H17F3N2O3. The van der Waals surface area contributed by atoms with Crippen molar-refractivity contribution in [3.05, 3.63) is 0 Å². The van der Waals surface area contributed by atoms with Crippen molar-refractivity contribution >= 4 is 5.97 Å². The fourth-order valence-electron chi connectivity index (χ4n) is 3.19. The third-order valence-corrected chi connectivity index (χ3v) is 4.39. The van der Waals surface area contributed by atoms with Gasteiger partial charge in [0, 0.05) is 38.9 Å². The molecule has 0 amide bonds. The highest BCUT2D eigenvalue weighted by Crippen LogP contribution is 2.45. The van der Waals surface area contributed by atoms with Crippen LogP contribution in [0.4, 0.5) is 13.2 Å². The molecule has 1 unspecified atom stereocenters. The fourth-order valence-corrected chi connectivity index (χ4v) is 3.19. The van der Waals surface area contributed by atoms with E-state index >= 15 is 0 Å². The Morgan fingerprint density at radius 1 is 1.30 bits per heavy atom. The van der Waals surface area contributed by atoms with Crippen molar-refractivity contribution in [2.45, 2.75) is 31.3 Å². The first kappa shape index (κ1) is 14.1. The van der Waals surface area contributed by atoms with Gasteiger partial charge >= 0.3 is 12.1 Å². The number of carbonyl (C=O) groups excluding carboxylic acids is 1. The van der Waals surface area contributed by atoms with Gasteiger partial charge in [-0.15, -0.1) is 0 Å². The second-order valence-corrected chi connectivity index (χ2v) is 5.74. The number of likely N-dealkylation sites (tertiary alicyclic amines) is 1. The first-order valence-electron chi connectivity index (χ1n) is 6.74. The van der Waals surface area contributed by atoms with Crippen LogP contribution in [0.3, 0.4) is 0 Å². The van der Waals surface area contributed by atoms with E-state index in [0.717, 1.165) is 12.8 Å². The lowest BCUT2D eigenvalue weighted by Gasteiger charge is -2.63. The molecule has 0 aromatic heterocycles. The Morgan fingerprint density at radius 2 is 1.95 bits per heavy atom. The molecule has 0 bridgehead atoms. The van der Waals surface area contributed by atoms with Crippen molar-refractivity contribution < 1.29 is 27.4 Å². The molecule has 0 radical (unpaired) electrons. The van der Waals surface area contributed by atoms with Gasteiger partial charge in [-0.25, -0.2) is 4.79 Å². The molecule has 1 N–H and O–H groups in total. The molecule has 3 aliphatic rings. The molecular weight excluding hydrogens is 277 g/mol. The van der Waals surface area contributed by atoms with E-state index in [-0.39, 0.29) is 11.5 Å². The van der Waals surface area contributed by atoms with Crippen molar-refractivity contribution in [1.82, 2.24) is 10.2 Å². The van der Waals surface area contributed by atoms with Crippen LogP contribution in [-0.4, -0.2) is 62.2 Å². The van der Waals surface area contributed by atoms with Gasteiger partial charge in [0.15, 0.2) is 6.23 Å². The zero-order valence-corrected chi connectivity index (χ0v) is 10.9. The van der Waals surface area contributed by atoms with Crippen LogP contribution >= 0.6 is 0 Å². The van der Waals surface area contributed by atoms with Gasteiger partial charge in [0.05, 0.1) is 5.41 Å². The second-order valence-electron chi connectivity index (χ2n) is 5.74. The number of alkyl halides is 3. The molecule has 3 saturated heterocycles. The van der Waals surface area contributed by atoms with Crippen LogP contribution in [-0.2, 0) is 14.3 Å². The summed E-state index contributed by atoms with van der Waals surface area (Å²) in [6, 6.07) is 0.140. The van der Waals surface area contributed by atoms with Gasteiger partial charge in [-0.05, 0) is 12.8 Å². The molecule has 3 fully saturated rings. The molecule has 3 aliphatic heterocycles. The van der Waals surface area contributed by atoms with Gasteiger partial charge in [-0.1, -0.05) is 0 Å². The van der Waals surface area contributed by atoms with Crippen LogP contribution in [0.1, 0.15) is 12.8 Å². The Labute approximate surface area is 114 Å². The molecule has 114 valence electrons. The number of halogens is 3. The molecule has 0 aliphatic carbocycles. The van der Waals surface area contributed by atoms with Crippen LogP contribution in [0, 0.1) is 5.41 Å². The van der Waals surface area contributed by atoms with E-state index < -0.39 is 18.4 Å². The summed E-state index contributed by atoms with van der Waals surface area (Å²) < 4.78 is 47.2. The summed E-state index contributed by atoms with van der Waals surface area (Å²) in [4.78, 5) is 13.0. The Bertz CT molecular complexity index is 392. The molecule has 0 aromatic carbocycles. The monoisotopic (exact) mass is 294 g/mol. The van der Waals surface area contributed by atoms with E-state index in [1.807, 2.05) is 4.90 Å². The van der Waals surface area contributed by atoms with E-state index in [0.29, 0.717) is 32.8 Å². The summed E-state index contributed by atoms with van der Waals surface area (Å²) in [7, 11) is 0. The Kier molecular flexibility index (Phi) is 3.42. The van der Waals surface area contributed by atoms with E-state index in [2.05, 4.69) is 5.32 Å². The maximum absolute atomic E-state index is 12.4. The molecule has 8 heteroatoms. The highest BCUT2D eigenvalue weighted by molar-refractivity contribution is 5.75. The van der Waals surface area contributed by atoms with Gasteiger partial charge in [0.25, 0.3) is 0 Å². The Balaban J connectivity index is 1.67. The summed E-state index contributed by atoms with van der Waals surface area (Å²) in [5, 5.41) is 3.05. The lowest BCUT2D eigenvalue weighted by Crippen LogP contribution is -2.79. The van der Waals surface area contributed by atoms with E-state index in [1.54, 1.807) is 0 Å². The minimum absolute atomic E-state index is 0.140. The number of ether oxygens (including phenoxy) is 2. The SMILES string of the molecule is O=C(OC1N(C2CCOCC2)CC12CNC2)C(F)(F)F. The molecule has 0 aromatic rings. The third-order valence-electron chi connectivity index (χ3n) is 4.39. The average molecular weight is 294 g/mol. The molecule has 1 atom stereocenters. The lowest BCUT2D eigenvalue weighted by atomic mass is 9.71. The fraction of sp³-hybridized carbons (Fsp3) is 0.917. The minimum Gasteiger partial charge on any atom is -0.439 e. The van der Waals surface area contributed by atoms with Crippen molar-refractivity contribution in [3.8, 4) is 0 Å². The maximum Gasteiger partial charge on any atom is 0.490 e. The van der Waals surface area contributed by atoms with Gasteiger partial charge in [0.1, 0.15) is 0 Å². The first-order chi connectivity index (χ1) is 9.42. The molecule has 5 nitrogen and oxygen atoms in total. The Morgan fingerprint density at radius 3 is 2.45 bits per heavy atom. The molecule has 0 saturated carbocycles. The largest absolute Gasteiger partial charge is 0.490 e. The van der Waals surface area contributed by atoms with Crippen molar-refractivity contribution in [3.63, 3.8) is 0 Å². The van der Waals surface area contributed by atoms with E-state index in [9.17, 15) is 18.0 Å². The Hall–Kier alpha value is -0.860. The molecule has 20 heavy (non-hydrogen) atoms. The van der Waals surface area contributed by atoms with Crippen LogP contribution in [0.2, 0.25) is 0 Å². The van der Waals surface area contributed by atoms with Crippen LogP contribution in [0.25, 0.3) is 0 Å². The number of rotatable bonds is 2. The third kappa shape index (κ3) is 2.29. The predicted octanol–water partition coefficient (Wildman–Crippen LogP) is 0.502. The lowest BCUT2D eigenvalue weighted by molar-refractivity contribution is -0.272. The quantitative estimate of drug-likeness (QED) is 0.752. The van der Waals surface area contributed by atoms with Gasteiger partial charge in [0.2, 0.25) is 0 Å². The highest BCUT2D eigenvalue weighted by atomic mass is 19.4. The van der Waals surface area contributed by atoms with Crippen molar-refractivity contribution in [2.24, 2.45) is 5.41 Å². The number of esters is 1. The second kappa shape index (κ2) is 4.85. The van der Waals surface area contributed by atoms with E-state index in [4.69, 9.17) is 9.47 Å². The van der Waals surface area contributed by atoms with Crippen LogP contribution in [0.5, 0.6) is 0 Å². The van der Waals surface area contributed by atoms with E-state index in [1.165, 1.54) is 0 Å². The van der Waals surface area contributed by atoms with Crippen molar-refractivity contribution in [1.29, 1.82) is 0 Å². The zero-order chi connectivity index (χ0) is 14.4. The summed E-state index contributed by atoms with van der Waals surface area (Å²) in [6.07, 6.45) is -4.16. The van der Waals surface area contributed by atoms with Crippen LogP contribution in [0.15, 0.2) is 0 Å². The maximum atomic E-state index is 12.4. The molecule has 3 rings (SSSR count). The summed E-state index contributed by atoms with van der Waals surface area (Å²) in [5.41, 5.74) is -0.334. The van der Waals surface area contributed by atoms with Crippen molar-refractivity contribution in [2.75, 3.05) is 32.8 Å². The predicted molar refractivity (Wildman–Crippen MR) is 61.8 cm³/mol.